The molecule has 0 radical (unpaired) electrons. The van der Waals surface area contributed by atoms with Crippen molar-refractivity contribution in [2.45, 2.75) is 20.4 Å². The Kier molecular flexibility index (Phi) is 6.90. The molecule has 0 unspecified atom stereocenters. The Morgan fingerprint density at radius 2 is 1.67 bits per heavy atom. The number of benzene rings is 2. The predicted molar refractivity (Wildman–Crippen MR) is 119 cm³/mol. The summed E-state index contributed by atoms with van der Waals surface area (Å²) in [6.07, 6.45) is 0. The molecule has 3 aromatic rings. The lowest BCUT2D eigenvalue weighted by Crippen LogP contribution is -2.27. The van der Waals surface area contributed by atoms with Crippen LogP contribution in [0.3, 0.4) is 0 Å². The zero-order chi connectivity index (χ0) is 21.7. The lowest BCUT2D eigenvalue weighted by Gasteiger charge is -2.20. The van der Waals surface area contributed by atoms with Crippen molar-refractivity contribution in [2.24, 2.45) is 0 Å². The fourth-order valence-electron chi connectivity index (χ4n) is 3.35. The molecule has 1 amide bonds. The van der Waals surface area contributed by atoms with Gasteiger partial charge in [-0.3, -0.25) is 4.79 Å². The molecule has 2 aromatic carbocycles. The summed E-state index contributed by atoms with van der Waals surface area (Å²) in [6.45, 7) is 5.82. The van der Waals surface area contributed by atoms with Gasteiger partial charge in [0.25, 0.3) is 5.91 Å². The quantitative estimate of drug-likeness (QED) is 0.572. The molecule has 1 aromatic heterocycles. The van der Waals surface area contributed by atoms with Gasteiger partial charge < -0.3 is 14.5 Å². The third kappa shape index (κ3) is 4.89. The van der Waals surface area contributed by atoms with Crippen molar-refractivity contribution in [3.63, 3.8) is 0 Å². The van der Waals surface area contributed by atoms with Crippen LogP contribution in [0.1, 0.15) is 27.3 Å². The Bertz CT molecular complexity index is 996. The van der Waals surface area contributed by atoms with Gasteiger partial charge in [-0.05, 0) is 52.2 Å². The highest BCUT2D eigenvalue weighted by molar-refractivity contribution is 5.96. The van der Waals surface area contributed by atoms with E-state index in [2.05, 4.69) is 5.10 Å². The molecule has 6 heteroatoms. The standard InChI is InChI=1S/C24H30N4O2/c1-18-22(19(2)28(25-18)20-11-7-6-8-12-20)17-27(5)24(29)21-13-9-10-14-23(21)30-16-15-26(3)4/h6-14H,15-17H2,1-5H3. The van der Waals surface area contributed by atoms with Gasteiger partial charge in [0.15, 0.2) is 0 Å². The molecule has 1 heterocycles. The van der Waals surface area contributed by atoms with Gasteiger partial charge in [0, 0.05) is 31.4 Å². The van der Waals surface area contributed by atoms with Crippen LogP contribution in [0.2, 0.25) is 0 Å². The van der Waals surface area contributed by atoms with Gasteiger partial charge >= 0.3 is 0 Å². The number of para-hydroxylation sites is 2. The minimum absolute atomic E-state index is 0.0679. The first-order valence-corrected chi connectivity index (χ1v) is 10.1. The van der Waals surface area contributed by atoms with E-state index in [1.807, 2.05) is 99.2 Å². The Balaban J connectivity index is 1.78. The number of carbonyl (C=O) groups excluding carboxylic acids is 1. The zero-order valence-corrected chi connectivity index (χ0v) is 18.4. The molecule has 0 aliphatic carbocycles. The van der Waals surface area contributed by atoms with E-state index >= 15 is 0 Å². The number of carbonyl (C=O) groups is 1. The molecule has 0 N–H and O–H groups in total. The van der Waals surface area contributed by atoms with E-state index in [9.17, 15) is 4.79 Å². The summed E-state index contributed by atoms with van der Waals surface area (Å²) >= 11 is 0. The lowest BCUT2D eigenvalue weighted by atomic mass is 10.1. The Labute approximate surface area is 178 Å². The van der Waals surface area contributed by atoms with Crippen LogP contribution in [-0.2, 0) is 6.54 Å². The Hall–Kier alpha value is -3.12. The van der Waals surface area contributed by atoms with E-state index in [-0.39, 0.29) is 5.91 Å². The molecule has 0 saturated carbocycles. The van der Waals surface area contributed by atoms with Gasteiger partial charge in [-0.25, -0.2) is 4.68 Å². The molecule has 6 nitrogen and oxygen atoms in total. The van der Waals surface area contributed by atoms with E-state index < -0.39 is 0 Å². The normalized spacial score (nSPS) is 11.0. The molecule has 3 rings (SSSR count). The summed E-state index contributed by atoms with van der Waals surface area (Å²) in [5.74, 6) is 0.548. The second-order valence-corrected chi connectivity index (χ2v) is 7.71. The lowest BCUT2D eigenvalue weighted by molar-refractivity contribution is 0.0780. The highest BCUT2D eigenvalue weighted by Gasteiger charge is 2.20. The molecule has 30 heavy (non-hydrogen) atoms. The Morgan fingerprint density at radius 3 is 2.37 bits per heavy atom. The zero-order valence-electron chi connectivity index (χ0n) is 18.4. The van der Waals surface area contributed by atoms with Gasteiger partial charge in [0.1, 0.15) is 12.4 Å². The molecule has 0 fully saturated rings. The largest absolute Gasteiger partial charge is 0.491 e. The second-order valence-electron chi connectivity index (χ2n) is 7.71. The molecule has 0 aliphatic rings. The number of likely N-dealkylation sites (N-methyl/N-ethyl adjacent to an activating group) is 1. The van der Waals surface area contributed by atoms with Crippen molar-refractivity contribution in [3.8, 4) is 11.4 Å². The van der Waals surface area contributed by atoms with E-state index in [0.717, 1.165) is 29.2 Å². The predicted octanol–water partition coefficient (Wildman–Crippen LogP) is 3.70. The van der Waals surface area contributed by atoms with Crippen LogP contribution >= 0.6 is 0 Å². The maximum atomic E-state index is 13.2. The summed E-state index contributed by atoms with van der Waals surface area (Å²) in [6, 6.07) is 17.4. The smallest absolute Gasteiger partial charge is 0.257 e. The van der Waals surface area contributed by atoms with Crippen LogP contribution in [0, 0.1) is 13.8 Å². The first-order valence-electron chi connectivity index (χ1n) is 10.1. The van der Waals surface area contributed by atoms with Crippen molar-refractivity contribution in [1.29, 1.82) is 0 Å². The number of hydrogen-bond acceptors (Lipinski definition) is 4. The molecule has 0 aliphatic heterocycles. The molecule has 0 saturated heterocycles. The number of rotatable bonds is 8. The third-order valence-electron chi connectivity index (χ3n) is 5.10. The van der Waals surface area contributed by atoms with Crippen molar-refractivity contribution in [2.75, 3.05) is 34.3 Å². The maximum Gasteiger partial charge on any atom is 0.257 e. The van der Waals surface area contributed by atoms with Crippen molar-refractivity contribution in [3.05, 3.63) is 77.1 Å². The van der Waals surface area contributed by atoms with Crippen LogP contribution in [0.15, 0.2) is 54.6 Å². The number of ether oxygens (including phenoxy) is 1. The third-order valence-corrected chi connectivity index (χ3v) is 5.10. The van der Waals surface area contributed by atoms with Crippen molar-refractivity contribution >= 4 is 5.91 Å². The summed E-state index contributed by atoms with van der Waals surface area (Å²) < 4.78 is 7.81. The molecular formula is C24H30N4O2. The first kappa shape index (κ1) is 21.6. The highest BCUT2D eigenvalue weighted by Crippen LogP contribution is 2.23. The number of amides is 1. The molecule has 0 bridgehead atoms. The van der Waals surface area contributed by atoms with E-state index in [4.69, 9.17) is 4.74 Å². The average Bonchev–Trinajstić information content (AvgIpc) is 3.02. The van der Waals surface area contributed by atoms with Gasteiger partial charge in [-0.15, -0.1) is 0 Å². The minimum Gasteiger partial charge on any atom is -0.491 e. The van der Waals surface area contributed by atoms with Crippen molar-refractivity contribution in [1.82, 2.24) is 19.6 Å². The van der Waals surface area contributed by atoms with Gasteiger partial charge in [-0.2, -0.15) is 5.10 Å². The van der Waals surface area contributed by atoms with Crippen molar-refractivity contribution < 1.29 is 9.53 Å². The van der Waals surface area contributed by atoms with E-state index in [1.54, 1.807) is 4.90 Å². The maximum absolute atomic E-state index is 13.2. The van der Waals surface area contributed by atoms with E-state index in [1.165, 1.54) is 0 Å². The SMILES string of the molecule is Cc1nn(-c2ccccc2)c(C)c1CN(C)C(=O)c1ccccc1OCCN(C)C. The van der Waals surface area contributed by atoms with Gasteiger partial charge in [-0.1, -0.05) is 30.3 Å². The molecule has 158 valence electrons. The van der Waals surface area contributed by atoms with E-state index in [0.29, 0.717) is 24.5 Å². The fraction of sp³-hybridized carbons (Fsp3) is 0.333. The number of aromatic nitrogens is 2. The van der Waals surface area contributed by atoms with Crippen LogP contribution in [0.5, 0.6) is 5.75 Å². The molecular weight excluding hydrogens is 376 g/mol. The van der Waals surface area contributed by atoms with Crippen LogP contribution in [0.25, 0.3) is 5.69 Å². The van der Waals surface area contributed by atoms with Gasteiger partial charge in [0.05, 0.1) is 16.9 Å². The topological polar surface area (TPSA) is 50.6 Å². The van der Waals surface area contributed by atoms with Crippen LogP contribution < -0.4 is 4.74 Å². The number of aryl methyl sites for hydroxylation is 1. The fourth-order valence-corrected chi connectivity index (χ4v) is 3.35. The minimum atomic E-state index is -0.0679. The molecule has 0 atom stereocenters. The summed E-state index contributed by atoms with van der Waals surface area (Å²) in [5.41, 5.74) is 4.60. The van der Waals surface area contributed by atoms with Gasteiger partial charge in [0.2, 0.25) is 0 Å². The highest BCUT2D eigenvalue weighted by atomic mass is 16.5. The average molecular weight is 407 g/mol. The monoisotopic (exact) mass is 406 g/mol. The van der Waals surface area contributed by atoms with Crippen LogP contribution in [-0.4, -0.2) is 59.8 Å². The summed E-state index contributed by atoms with van der Waals surface area (Å²) in [7, 11) is 5.81. The second kappa shape index (κ2) is 9.59. The number of hydrogen-bond donors (Lipinski definition) is 0. The summed E-state index contributed by atoms with van der Waals surface area (Å²) in [5, 5.41) is 4.69. The Morgan fingerprint density at radius 1 is 1.00 bits per heavy atom. The first-order chi connectivity index (χ1) is 14.4. The molecule has 0 spiro atoms. The summed E-state index contributed by atoms with van der Waals surface area (Å²) in [4.78, 5) is 16.9. The van der Waals surface area contributed by atoms with Crippen LogP contribution in [0.4, 0.5) is 0 Å². The number of nitrogens with zero attached hydrogens (tertiary/aromatic N) is 4.